The van der Waals surface area contributed by atoms with Crippen molar-refractivity contribution in [2.45, 2.75) is 31.1 Å². The molecule has 1 aromatic carbocycles. The van der Waals surface area contributed by atoms with E-state index in [1.807, 2.05) is 6.20 Å². The van der Waals surface area contributed by atoms with E-state index in [-0.39, 0.29) is 0 Å². The van der Waals surface area contributed by atoms with Crippen molar-refractivity contribution in [1.29, 1.82) is 0 Å². The summed E-state index contributed by atoms with van der Waals surface area (Å²) < 4.78 is 0. The van der Waals surface area contributed by atoms with E-state index in [4.69, 9.17) is 0 Å². The Morgan fingerprint density at radius 3 is 2.65 bits per heavy atom. The van der Waals surface area contributed by atoms with Gasteiger partial charge in [0.25, 0.3) is 0 Å². The average Bonchev–Trinajstić information content (AvgIpc) is 3.26. The Morgan fingerprint density at radius 2 is 1.91 bits per heavy atom. The van der Waals surface area contributed by atoms with Gasteiger partial charge in [-0.25, -0.2) is 0 Å². The van der Waals surface area contributed by atoms with E-state index in [1.54, 1.807) is 0 Å². The molecule has 1 aliphatic carbocycles. The van der Waals surface area contributed by atoms with E-state index in [1.165, 1.54) is 37.1 Å². The van der Waals surface area contributed by atoms with Crippen LogP contribution in [-0.4, -0.2) is 34.7 Å². The molecule has 1 saturated heterocycles. The summed E-state index contributed by atoms with van der Waals surface area (Å²) >= 11 is 0. The maximum Gasteiger partial charge on any atom is 0.0490 e. The fraction of sp³-hybridized carbons (Fsp3) is 0.450. The first-order valence-electron chi connectivity index (χ1n) is 8.81. The molecular formula is C20H25N3. The third-order valence-corrected chi connectivity index (χ3v) is 5.44. The van der Waals surface area contributed by atoms with Crippen LogP contribution >= 0.6 is 0 Å². The van der Waals surface area contributed by atoms with Gasteiger partial charge >= 0.3 is 0 Å². The van der Waals surface area contributed by atoms with Gasteiger partial charge in [0.05, 0.1) is 0 Å². The van der Waals surface area contributed by atoms with Crippen LogP contribution in [0.1, 0.15) is 42.4 Å². The van der Waals surface area contributed by atoms with Crippen LogP contribution in [0.2, 0.25) is 0 Å². The van der Waals surface area contributed by atoms with Gasteiger partial charge in [-0.3, -0.25) is 5.10 Å². The quantitative estimate of drug-likeness (QED) is 0.867. The van der Waals surface area contributed by atoms with Crippen LogP contribution in [0.3, 0.4) is 0 Å². The third kappa shape index (κ3) is 3.25. The van der Waals surface area contributed by atoms with Crippen LogP contribution in [0.5, 0.6) is 0 Å². The van der Waals surface area contributed by atoms with Gasteiger partial charge in [-0.05, 0) is 36.8 Å². The number of aromatic nitrogens is 2. The van der Waals surface area contributed by atoms with Gasteiger partial charge in [-0.2, -0.15) is 5.10 Å². The topological polar surface area (TPSA) is 31.9 Å². The maximum absolute atomic E-state index is 4.18. The number of nitrogens with zero attached hydrogens (tertiary/aromatic N) is 2. The molecule has 2 aliphatic rings. The van der Waals surface area contributed by atoms with Crippen LogP contribution in [0.15, 0.2) is 54.7 Å². The van der Waals surface area contributed by atoms with E-state index >= 15 is 0 Å². The summed E-state index contributed by atoms with van der Waals surface area (Å²) in [5.74, 6) is 1.92. The lowest BCUT2D eigenvalue weighted by Crippen LogP contribution is -2.28. The Hall–Kier alpha value is -1.87. The molecule has 1 unspecified atom stereocenters. The van der Waals surface area contributed by atoms with Crippen molar-refractivity contribution in [1.82, 2.24) is 15.1 Å². The molecule has 0 saturated carbocycles. The van der Waals surface area contributed by atoms with E-state index in [0.717, 1.165) is 19.0 Å². The zero-order chi connectivity index (χ0) is 15.5. The van der Waals surface area contributed by atoms with Gasteiger partial charge in [-0.1, -0.05) is 42.5 Å². The van der Waals surface area contributed by atoms with E-state index in [9.17, 15) is 0 Å². The number of hydrogen-bond acceptors (Lipinski definition) is 2. The normalized spacial score (nSPS) is 28.3. The Balaban J connectivity index is 1.52. The molecule has 1 N–H and O–H groups in total. The monoisotopic (exact) mass is 307 g/mol. The molecule has 0 amide bonds. The van der Waals surface area contributed by atoms with Crippen molar-refractivity contribution in [3.8, 4) is 0 Å². The Labute approximate surface area is 138 Å². The molecule has 3 atom stereocenters. The van der Waals surface area contributed by atoms with Crippen LogP contribution in [0, 0.1) is 5.92 Å². The second-order valence-electron chi connectivity index (χ2n) is 7.00. The standard InChI is InChI=1S/C20H25N3/c1-3-7-16(8-4-1)13-23-14-18(17-9-5-2-6-10-17)19(15-23)20-11-12-21-22-20/h1-3,5-6,9-12,16,18-19H,4,7-8,13-15H2,(H,21,22)/t16?,18-,19+/m0/s1. The second kappa shape index (κ2) is 6.71. The van der Waals surface area contributed by atoms with E-state index in [2.05, 4.69) is 63.6 Å². The highest BCUT2D eigenvalue weighted by Gasteiger charge is 2.36. The zero-order valence-electron chi connectivity index (χ0n) is 13.6. The number of benzene rings is 1. The first kappa shape index (κ1) is 14.7. The van der Waals surface area contributed by atoms with Gasteiger partial charge in [0, 0.05) is 43.4 Å². The molecule has 1 aromatic heterocycles. The molecule has 0 radical (unpaired) electrons. The number of H-pyrrole nitrogens is 1. The molecule has 1 fully saturated rings. The Morgan fingerprint density at radius 1 is 1.04 bits per heavy atom. The fourth-order valence-corrected chi connectivity index (χ4v) is 4.25. The summed E-state index contributed by atoms with van der Waals surface area (Å²) in [5, 5.41) is 7.40. The largest absolute Gasteiger partial charge is 0.302 e. The summed E-state index contributed by atoms with van der Waals surface area (Å²) in [4.78, 5) is 2.67. The first-order chi connectivity index (χ1) is 11.4. The average molecular weight is 307 g/mol. The first-order valence-corrected chi connectivity index (χ1v) is 8.81. The van der Waals surface area contributed by atoms with Crippen molar-refractivity contribution >= 4 is 0 Å². The van der Waals surface area contributed by atoms with Crippen molar-refractivity contribution in [2.75, 3.05) is 19.6 Å². The molecule has 3 nitrogen and oxygen atoms in total. The summed E-state index contributed by atoms with van der Waals surface area (Å²) in [6.45, 7) is 3.54. The molecule has 2 heterocycles. The Bertz CT molecular complexity index is 632. The smallest absolute Gasteiger partial charge is 0.0490 e. The number of hydrogen-bond donors (Lipinski definition) is 1. The minimum absolute atomic E-state index is 0.527. The van der Waals surface area contributed by atoms with Gasteiger partial charge in [0.15, 0.2) is 0 Å². The van der Waals surface area contributed by atoms with Crippen molar-refractivity contribution in [2.24, 2.45) is 5.92 Å². The van der Waals surface area contributed by atoms with Crippen molar-refractivity contribution in [3.05, 3.63) is 66.0 Å². The number of likely N-dealkylation sites (tertiary alicyclic amines) is 1. The van der Waals surface area contributed by atoms with Crippen molar-refractivity contribution in [3.63, 3.8) is 0 Å². The molecule has 0 spiro atoms. The van der Waals surface area contributed by atoms with Crippen LogP contribution in [0.4, 0.5) is 0 Å². The molecule has 3 heteroatoms. The molecule has 0 bridgehead atoms. The summed E-state index contributed by atoms with van der Waals surface area (Å²) in [5.41, 5.74) is 2.74. The predicted octanol–water partition coefficient (Wildman–Crippen LogP) is 3.95. The SMILES string of the molecule is C1=CCC(CN2C[C@@H](c3ccccc3)[C@H](c3ccn[nH]3)C2)CC1. The minimum Gasteiger partial charge on any atom is -0.302 e. The van der Waals surface area contributed by atoms with Gasteiger partial charge in [0.2, 0.25) is 0 Å². The van der Waals surface area contributed by atoms with Gasteiger partial charge in [-0.15, -0.1) is 0 Å². The lowest BCUT2D eigenvalue weighted by Gasteiger charge is -2.24. The summed E-state index contributed by atoms with van der Waals surface area (Å²) in [6.07, 6.45) is 10.4. The summed E-state index contributed by atoms with van der Waals surface area (Å²) in [6, 6.07) is 13.1. The second-order valence-corrected chi connectivity index (χ2v) is 7.00. The molecule has 4 rings (SSSR count). The number of nitrogens with one attached hydrogen (secondary N) is 1. The zero-order valence-corrected chi connectivity index (χ0v) is 13.6. The van der Waals surface area contributed by atoms with Crippen LogP contribution < -0.4 is 0 Å². The third-order valence-electron chi connectivity index (χ3n) is 5.44. The highest BCUT2D eigenvalue weighted by molar-refractivity contribution is 5.27. The molecule has 120 valence electrons. The Kier molecular flexibility index (Phi) is 4.29. The van der Waals surface area contributed by atoms with Crippen LogP contribution in [0.25, 0.3) is 0 Å². The number of aromatic amines is 1. The highest BCUT2D eigenvalue weighted by atomic mass is 15.2. The molecule has 23 heavy (non-hydrogen) atoms. The number of rotatable bonds is 4. The molecular weight excluding hydrogens is 282 g/mol. The maximum atomic E-state index is 4.18. The lowest BCUT2D eigenvalue weighted by atomic mass is 9.87. The summed E-state index contributed by atoms with van der Waals surface area (Å²) in [7, 11) is 0. The molecule has 2 aromatic rings. The number of allylic oxidation sites excluding steroid dienone is 2. The van der Waals surface area contributed by atoms with Crippen LogP contribution in [-0.2, 0) is 0 Å². The van der Waals surface area contributed by atoms with Gasteiger partial charge < -0.3 is 4.90 Å². The fourth-order valence-electron chi connectivity index (χ4n) is 4.25. The van der Waals surface area contributed by atoms with E-state index < -0.39 is 0 Å². The minimum atomic E-state index is 0.527. The van der Waals surface area contributed by atoms with Crippen molar-refractivity contribution < 1.29 is 0 Å². The molecule has 1 aliphatic heterocycles. The van der Waals surface area contributed by atoms with Gasteiger partial charge in [0.1, 0.15) is 0 Å². The highest BCUT2D eigenvalue weighted by Crippen LogP contribution is 2.39. The van der Waals surface area contributed by atoms with E-state index in [0.29, 0.717) is 11.8 Å². The lowest BCUT2D eigenvalue weighted by molar-refractivity contribution is 0.261. The predicted molar refractivity (Wildman–Crippen MR) is 93.4 cm³/mol.